The van der Waals surface area contributed by atoms with Crippen LogP contribution < -0.4 is 0 Å². The number of aryl methyl sites for hydroxylation is 1. The number of benzene rings is 1. The second-order valence-corrected chi connectivity index (χ2v) is 10.6. The first-order chi connectivity index (χ1) is 11.8. The summed E-state index contributed by atoms with van der Waals surface area (Å²) in [6.45, 7) is 7.49. The Balaban J connectivity index is 1.75. The number of carbonyl (C=O) groups excluding carboxylic acids is 1. The first-order valence-corrected chi connectivity index (χ1v) is 11.2. The highest BCUT2D eigenvalue weighted by atomic mass is 32.2. The summed E-state index contributed by atoms with van der Waals surface area (Å²) in [5.74, 6) is 1.09. The summed E-state index contributed by atoms with van der Waals surface area (Å²) in [6, 6.07) is 7.00. The summed E-state index contributed by atoms with van der Waals surface area (Å²) in [5.41, 5.74) is 1.04. The van der Waals surface area contributed by atoms with Crippen LogP contribution in [0.3, 0.4) is 0 Å². The molecule has 138 valence electrons. The molecule has 1 aromatic carbocycles. The molecule has 5 nitrogen and oxygen atoms in total. The fraction of sp³-hybridized carbons (Fsp3) is 0.611. The first kappa shape index (κ1) is 18.7. The van der Waals surface area contributed by atoms with E-state index in [0.29, 0.717) is 30.8 Å². The monoisotopic (exact) mass is 382 g/mol. The molecule has 1 aromatic rings. The minimum absolute atomic E-state index is 0.0232. The van der Waals surface area contributed by atoms with Gasteiger partial charge in [0.15, 0.2) is 0 Å². The number of sulfonamides is 1. The summed E-state index contributed by atoms with van der Waals surface area (Å²) >= 11 is 1.81. The summed E-state index contributed by atoms with van der Waals surface area (Å²) in [4.78, 5) is 14.7. The smallest absolute Gasteiger partial charge is 0.243 e. The van der Waals surface area contributed by atoms with Crippen LogP contribution in [0.4, 0.5) is 0 Å². The van der Waals surface area contributed by atoms with Gasteiger partial charge in [-0.2, -0.15) is 4.31 Å². The number of nitrogens with zero attached hydrogens (tertiary/aromatic N) is 2. The fourth-order valence-corrected chi connectivity index (χ4v) is 6.48. The van der Waals surface area contributed by atoms with E-state index in [-0.39, 0.29) is 16.7 Å². The number of carbonyl (C=O) groups is 1. The van der Waals surface area contributed by atoms with Gasteiger partial charge in [-0.1, -0.05) is 31.5 Å². The number of hydrogen-bond donors (Lipinski definition) is 0. The number of thioether (sulfide) groups is 1. The van der Waals surface area contributed by atoms with E-state index in [0.717, 1.165) is 17.9 Å². The molecule has 2 heterocycles. The second-order valence-electron chi connectivity index (χ2n) is 7.16. The molecule has 0 aliphatic carbocycles. The lowest BCUT2D eigenvalue weighted by Crippen LogP contribution is -2.54. The third-order valence-electron chi connectivity index (χ3n) is 5.10. The van der Waals surface area contributed by atoms with E-state index in [9.17, 15) is 13.2 Å². The van der Waals surface area contributed by atoms with E-state index in [2.05, 4.69) is 0 Å². The largest absolute Gasteiger partial charge is 0.327 e. The summed E-state index contributed by atoms with van der Waals surface area (Å²) in [7, 11) is -3.46. The molecule has 2 fully saturated rings. The lowest BCUT2D eigenvalue weighted by atomic mass is 10.0. The highest BCUT2D eigenvalue weighted by Crippen LogP contribution is 2.45. The third-order valence-corrected chi connectivity index (χ3v) is 8.57. The summed E-state index contributed by atoms with van der Waals surface area (Å²) in [6.07, 6.45) is 1.39. The van der Waals surface area contributed by atoms with Gasteiger partial charge in [0.05, 0.1) is 9.77 Å². The van der Waals surface area contributed by atoms with Crippen molar-refractivity contribution in [2.75, 3.05) is 25.4 Å². The van der Waals surface area contributed by atoms with Crippen molar-refractivity contribution in [3.05, 3.63) is 29.8 Å². The molecule has 2 saturated heterocycles. The predicted octanol–water partition coefficient (Wildman–Crippen LogP) is 2.71. The lowest BCUT2D eigenvalue weighted by molar-refractivity contribution is -0.137. The molecule has 1 spiro atoms. The molecule has 0 aromatic heterocycles. The van der Waals surface area contributed by atoms with Crippen molar-refractivity contribution in [2.45, 2.75) is 43.4 Å². The van der Waals surface area contributed by atoms with Crippen LogP contribution in [-0.2, 0) is 14.8 Å². The molecule has 7 heteroatoms. The normalized spacial score (nSPS) is 21.2. The zero-order valence-electron chi connectivity index (χ0n) is 15.1. The van der Waals surface area contributed by atoms with Gasteiger partial charge in [0.2, 0.25) is 15.9 Å². The molecule has 2 aliphatic rings. The predicted molar refractivity (Wildman–Crippen MR) is 101 cm³/mol. The minimum Gasteiger partial charge on any atom is -0.327 e. The number of amides is 1. The van der Waals surface area contributed by atoms with Gasteiger partial charge in [0, 0.05) is 31.3 Å². The Morgan fingerprint density at radius 3 is 2.28 bits per heavy atom. The van der Waals surface area contributed by atoms with Crippen LogP contribution in [0.2, 0.25) is 0 Å². The summed E-state index contributed by atoms with van der Waals surface area (Å²) in [5, 5.41) is 0. The average molecular weight is 383 g/mol. The number of hydrogen-bond acceptors (Lipinski definition) is 4. The Morgan fingerprint density at radius 2 is 1.72 bits per heavy atom. The maximum Gasteiger partial charge on any atom is 0.243 e. The lowest BCUT2D eigenvalue weighted by Gasteiger charge is -2.44. The summed E-state index contributed by atoms with van der Waals surface area (Å²) < 4.78 is 27.3. The van der Waals surface area contributed by atoms with Crippen LogP contribution in [0, 0.1) is 12.8 Å². The second kappa shape index (κ2) is 6.93. The van der Waals surface area contributed by atoms with Crippen molar-refractivity contribution < 1.29 is 13.2 Å². The Morgan fingerprint density at radius 1 is 1.12 bits per heavy atom. The van der Waals surface area contributed by atoms with Crippen molar-refractivity contribution >= 4 is 27.7 Å². The zero-order valence-corrected chi connectivity index (χ0v) is 16.7. The van der Waals surface area contributed by atoms with Crippen LogP contribution in [0.1, 0.15) is 32.3 Å². The number of rotatable bonds is 3. The highest BCUT2D eigenvalue weighted by molar-refractivity contribution is 8.00. The van der Waals surface area contributed by atoms with Crippen LogP contribution >= 0.6 is 11.8 Å². The van der Waals surface area contributed by atoms with Crippen molar-refractivity contribution in [3.8, 4) is 0 Å². The van der Waals surface area contributed by atoms with E-state index in [4.69, 9.17) is 0 Å². The quantitative estimate of drug-likeness (QED) is 0.807. The molecule has 2 aliphatic heterocycles. The van der Waals surface area contributed by atoms with Crippen LogP contribution in [0.25, 0.3) is 0 Å². The molecule has 3 rings (SSSR count). The van der Waals surface area contributed by atoms with Crippen LogP contribution in [0.15, 0.2) is 29.2 Å². The van der Waals surface area contributed by atoms with Gasteiger partial charge < -0.3 is 4.90 Å². The van der Waals surface area contributed by atoms with E-state index < -0.39 is 10.0 Å². The van der Waals surface area contributed by atoms with Crippen LogP contribution in [-0.4, -0.2) is 53.8 Å². The van der Waals surface area contributed by atoms with Crippen LogP contribution in [0.5, 0.6) is 0 Å². The van der Waals surface area contributed by atoms with Gasteiger partial charge in [-0.15, -0.1) is 11.8 Å². The Labute approximate surface area is 154 Å². The van der Waals surface area contributed by atoms with Gasteiger partial charge in [-0.05, 0) is 31.9 Å². The van der Waals surface area contributed by atoms with Crippen molar-refractivity contribution in [1.29, 1.82) is 0 Å². The van der Waals surface area contributed by atoms with Gasteiger partial charge in [-0.3, -0.25) is 4.79 Å². The van der Waals surface area contributed by atoms with Crippen molar-refractivity contribution in [3.63, 3.8) is 0 Å². The topological polar surface area (TPSA) is 57.7 Å². The molecule has 0 atom stereocenters. The maximum absolute atomic E-state index is 12.9. The molecule has 1 amide bonds. The fourth-order valence-electron chi connectivity index (χ4n) is 3.58. The Hall–Kier alpha value is -1.05. The minimum atomic E-state index is -3.46. The Bertz CT molecular complexity index is 736. The van der Waals surface area contributed by atoms with E-state index >= 15 is 0 Å². The molecule has 0 saturated carbocycles. The molecule has 0 radical (unpaired) electrons. The SMILES string of the molecule is Cc1ccc(S(=O)(=O)N2CCC3(CC2)SCCN3C(=O)C(C)C)cc1. The number of piperidine rings is 1. The Kier molecular flexibility index (Phi) is 5.19. The molecular weight excluding hydrogens is 356 g/mol. The first-order valence-electron chi connectivity index (χ1n) is 8.78. The maximum atomic E-state index is 12.9. The average Bonchev–Trinajstić information content (AvgIpc) is 2.98. The van der Waals surface area contributed by atoms with Gasteiger partial charge in [-0.25, -0.2) is 8.42 Å². The molecular formula is C18H26N2O3S2. The molecule has 25 heavy (non-hydrogen) atoms. The zero-order chi connectivity index (χ0) is 18.2. The molecule has 0 bridgehead atoms. The van der Waals surface area contributed by atoms with Gasteiger partial charge in [0.25, 0.3) is 0 Å². The molecule has 0 N–H and O–H groups in total. The van der Waals surface area contributed by atoms with E-state index in [1.807, 2.05) is 49.6 Å². The van der Waals surface area contributed by atoms with E-state index in [1.165, 1.54) is 0 Å². The third kappa shape index (κ3) is 3.46. The van der Waals surface area contributed by atoms with Gasteiger partial charge >= 0.3 is 0 Å². The van der Waals surface area contributed by atoms with Crippen molar-refractivity contribution in [1.82, 2.24) is 9.21 Å². The standard InChI is InChI=1S/C18H26N2O3S2/c1-14(2)17(21)20-12-13-24-18(20)8-10-19(11-9-18)25(22,23)16-6-4-15(3)5-7-16/h4-7,14H,8-13H2,1-3H3. The highest BCUT2D eigenvalue weighted by Gasteiger charge is 2.48. The van der Waals surface area contributed by atoms with Crippen molar-refractivity contribution in [2.24, 2.45) is 5.92 Å². The van der Waals surface area contributed by atoms with E-state index in [1.54, 1.807) is 16.4 Å². The molecule has 0 unspecified atom stereocenters. The van der Waals surface area contributed by atoms with Gasteiger partial charge in [0.1, 0.15) is 0 Å².